The summed E-state index contributed by atoms with van der Waals surface area (Å²) in [5.41, 5.74) is 0. The summed E-state index contributed by atoms with van der Waals surface area (Å²) in [4.78, 5) is 0. The van der Waals surface area contributed by atoms with E-state index in [9.17, 15) is 8.78 Å². The van der Waals surface area contributed by atoms with Gasteiger partial charge in [-0.2, -0.15) is 0 Å². The molecule has 0 spiro atoms. The van der Waals surface area contributed by atoms with Gasteiger partial charge in [-0.05, 0) is 81.3 Å². The van der Waals surface area contributed by atoms with Crippen LogP contribution in [0.5, 0.6) is 11.5 Å². The molecule has 176 valence electrons. The van der Waals surface area contributed by atoms with E-state index >= 15 is 0 Å². The van der Waals surface area contributed by atoms with Crippen molar-refractivity contribution in [3.63, 3.8) is 0 Å². The van der Waals surface area contributed by atoms with Crippen molar-refractivity contribution in [2.24, 2.45) is 17.8 Å². The number of alkyl halides is 1. The first-order valence-electron chi connectivity index (χ1n) is 12.3. The Morgan fingerprint density at radius 1 is 0.968 bits per heavy atom. The summed E-state index contributed by atoms with van der Waals surface area (Å²) in [5.74, 6) is 2.08. The maximum atomic E-state index is 14.5. The predicted molar refractivity (Wildman–Crippen MR) is 120 cm³/mol. The molecule has 1 atom stereocenters. The van der Waals surface area contributed by atoms with E-state index in [4.69, 9.17) is 14.2 Å². The lowest BCUT2D eigenvalue weighted by Gasteiger charge is -2.32. The summed E-state index contributed by atoms with van der Waals surface area (Å²) in [6, 6.07) is 4.45. The molecule has 1 aromatic carbocycles. The summed E-state index contributed by atoms with van der Waals surface area (Å²) in [5, 5.41) is 0. The van der Waals surface area contributed by atoms with Crippen LogP contribution >= 0.6 is 0 Å². The van der Waals surface area contributed by atoms with Gasteiger partial charge >= 0.3 is 0 Å². The Hall–Kier alpha value is -1.36. The van der Waals surface area contributed by atoms with E-state index in [0.29, 0.717) is 30.8 Å². The molecule has 3 rings (SSSR count). The van der Waals surface area contributed by atoms with E-state index in [1.54, 1.807) is 12.1 Å². The molecular weight excluding hydrogens is 398 g/mol. The minimum Gasteiger partial charge on any atom is -0.491 e. The molecule has 0 aliphatic heterocycles. The van der Waals surface area contributed by atoms with Gasteiger partial charge in [-0.3, -0.25) is 0 Å². The third kappa shape index (κ3) is 8.25. The van der Waals surface area contributed by atoms with Crippen molar-refractivity contribution in [2.75, 3.05) is 19.8 Å². The van der Waals surface area contributed by atoms with Gasteiger partial charge in [-0.25, -0.2) is 8.78 Å². The fourth-order valence-corrected chi connectivity index (χ4v) is 4.82. The van der Waals surface area contributed by atoms with Crippen molar-refractivity contribution in [3.05, 3.63) is 24.0 Å². The Kier molecular flexibility index (Phi) is 9.89. The van der Waals surface area contributed by atoms with Crippen LogP contribution < -0.4 is 9.47 Å². The Morgan fingerprint density at radius 3 is 2.35 bits per heavy atom. The molecule has 2 aliphatic carbocycles. The molecule has 0 heterocycles. The first-order chi connectivity index (χ1) is 15.0. The van der Waals surface area contributed by atoms with Gasteiger partial charge in [0.2, 0.25) is 0 Å². The van der Waals surface area contributed by atoms with E-state index in [1.165, 1.54) is 31.7 Å². The van der Waals surface area contributed by atoms with Gasteiger partial charge in [0.05, 0.1) is 12.7 Å². The van der Waals surface area contributed by atoms with Crippen LogP contribution in [0.4, 0.5) is 8.78 Å². The molecule has 1 aromatic rings. The van der Waals surface area contributed by atoms with Crippen LogP contribution in [0, 0.1) is 23.6 Å². The van der Waals surface area contributed by atoms with Crippen LogP contribution in [0.2, 0.25) is 0 Å². The minimum absolute atomic E-state index is 0.0366. The zero-order valence-corrected chi connectivity index (χ0v) is 19.3. The molecule has 0 aromatic heterocycles. The highest BCUT2D eigenvalue weighted by Crippen LogP contribution is 2.33. The highest BCUT2D eigenvalue weighted by molar-refractivity contribution is 5.33. The monoisotopic (exact) mass is 438 g/mol. The lowest BCUT2D eigenvalue weighted by Crippen LogP contribution is -2.27. The predicted octanol–water partition coefficient (Wildman–Crippen LogP) is 7.12. The van der Waals surface area contributed by atoms with Crippen molar-refractivity contribution in [3.8, 4) is 11.5 Å². The zero-order chi connectivity index (χ0) is 22.1. The van der Waals surface area contributed by atoms with Crippen LogP contribution in [0.1, 0.15) is 78.1 Å². The number of hydrogen-bond donors (Lipinski definition) is 0. The van der Waals surface area contributed by atoms with Gasteiger partial charge in [0.15, 0.2) is 11.6 Å². The van der Waals surface area contributed by atoms with Crippen molar-refractivity contribution < 1.29 is 23.0 Å². The Morgan fingerprint density at radius 2 is 1.68 bits per heavy atom. The third-order valence-corrected chi connectivity index (χ3v) is 6.88. The smallest absolute Gasteiger partial charge is 0.168 e. The summed E-state index contributed by atoms with van der Waals surface area (Å²) in [6.45, 7) is 5.65. The SMILES string of the molecule is CCCOc1ccc(OCC(F)CC2CCC(OCC3CCC(C)CC3)CC2)cc1F. The van der Waals surface area contributed by atoms with Crippen LogP contribution in [-0.4, -0.2) is 32.1 Å². The second-order valence-corrected chi connectivity index (χ2v) is 9.69. The van der Waals surface area contributed by atoms with E-state index in [1.807, 2.05) is 6.92 Å². The van der Waals surface area contributed by atoms with E-state index in [0.717, 1.165) is 50.5 Å². The van der Waals surface area contributed by atoms with Crippen molar-refractivity contribution >= 4 is 0 Å². The lowest BCUT2D eigenvalue weighted by molar-refractivity contribution is -0.0119. The van der Waals surface area contributed by atoms with Gasteiger partial charge < -0.3 is 14.2 Å². The number of ether oxygens (including phenoxy) is 3. The van der Waals surface area contributed by atoms with Gasteiger partial charge in [0.25, 0.3) is 0 Å². The van der Waals surface area contributed by atoms with Crippen LogP contribution in [0.15, 0.2) is 18.2 Å². The molecule has 3 nitrogen and oxygen atoms in total. The van der Waals surface area contributed by atoms with Gasteiger partial charge in [-0.15, -0.1) is 0 Å². The topological polar surface area (TPSA) is 27.7 Å². The number of halogens is 2. The van der Waals surface area contributed by atoms with Gasteiger partial charge in [0.1, 0.15) is 18.5 Å². The number of benzene rings is 1. The zero-order valence-electron chi connectivity index (χ0n) is 19.3. The maximum Gasteiger partial charge on any atom is 0.168 e. The van der Waals surface area contributed by atoms with Crippen LogP contribution in [-0.2, 0) is 4.74 Å². The fraction of sp³-hybridized carbons (Fsp3) is 0.769. The molecule has 2 aliphatic rings. The normalized spacial score (nSPS) is 27.6. The first-order valence-corrected chi connectivity index (χ1v) is 12.3. The Bertz CT molecular complexity index is 638. The van der Waals surface area contributed by atoms with Crippen LogP contribution in [0.25, 0.3) is 0 Å². The highest BCUT2D eigenvalue weighted by Gasteiger charge is 2.26. The standard InChI is InChI=1S/C26H40F2O3/c1-3-14-29-26-13-12-24(16-25(26)28)31-18-22(27)15-20-8-10-23(11-9-20)30-17-21-6-4-19(2)5-7-21/h12-13,16,19-23H,3-11,14-15,17-18H2,1-2H3. The summed E-state index contributed by atoms with van der Waals surface area (Å²) in [7, 11) is 0. The minimum atomic E-state index is -1.04. The first kappa shape index (κ1) is 24.3. The fourth-order valence-electron chi connectivity index (χ4n) is 4.82. The summed E-state index contributed by atoms with van der Waals surface area (Å²) >= 11 is 0. The van der Waals surface area contributed by atoms with Crippen molar-refractivity contribution in [1.29, 1.82) is 0 Å². The Balaban J connectivity index is 1.30. The summed E-state index contributed by atoms with van der Waals surface area (Å²) < 4.78 is 45.5. The molecule has 31 heavy (non-hydrogen) atoms. The average Bonchev–Trinajstić information content (AvgIpc) is 2.78. The molecular formula is C26H40F2O3. The van der Waals surface area contributed by atoms with E-state index in [2.05, 4.69) is 6.92 Å². The molecule has 1 unspecified atom stereocenters. The van der Waals surface area contributed by atoms with Crippen LogP contribution in [0.3, 0.4) is 0 Å². The third-order valence-electron chi connectivity index (χ3n) is 6.88. The maximum absolute atomic E-state index is 14.5. The highest BCUT2D eigenvalue weighted by atomic mass is 19.1. The Labute approximate surface area is 186 Å². The number of rotatable bonds is 11. The molecule has 0 bridgehead atoms. The van der Waals surface area contributed by atoms with E-state index < -0.39 is 12.0 Å². The molecule has 2 fully saturated rings. The summed E-state index contributed by atoms with van der Waals surface area (Å²) in [6.07, 6.45) is 10.0. The molecule has 0 saturated heterocycles. The van der Waals surface area contributed by atoms with E-state index in [-0.39, 0.29) is 12.4 Å². The molecule has 5 heteroatoms. The second kappa shape index (κ2) is 12.6. The van der Waals surface area contributed by atoms with Crippen molar-refractivity contribution in [1.82, 2.24) is 0 Å². The van der Waals surface area contributed by atoms with Gasteiger partial charge in [-0.1, -0.05) is 26.7 Å². The molecule has 2 saturated carbocycles. The largest absolute Gasteiger partial charge is 0.491 e. The molecule has 0 amide bonds. The molecule has 0 N–H and O–H groups in total. The number of hydrogen-bond acceptors (Lipinski definition) is 3. The second-order valence-electron chi connectivity index (χ2n) is 9.69. The lowest BCUT2D eigenvalue weighted by atomic mass is 9.83. The molecule has 0 radical (unpaired) electrons. The van der Waals surface area contributed by atoms with Gasteiger partial charge in [0, 0.05) is 12.7 Å². The average molecular weight is 439 g/mol. The quantitative estimate of drug-likeness (QED) is 0.368. The van der Waals surface area contributed by atoms with Crippen molar-refractivity contribution in [2.45, 2.75) is 90.3 Å².